The van der Waals surface area contributed by atoms with Crippen LogP contribution in [0.25, 0.3) is 0 Å². The molecule has 1 aromatic carbocycles. The molecule has 0 fully saturated rings. The molecule has 1 amide bonds. The SMILES string of the molecule is NS(=O)(=O)c1cc(C(=O)NCC(F)(F)F)cc(Cl)c1Br. The molecular weight excluding hydrogens is 389 g/mol. The highest BCUT2D eigenvalue weighted by atomic mass is 79.9. The third-order valence-electron chi connectivity index (χ3n) is 2.01. The highest BCUT2D eigenvalue weighted by Gasteiger charge is 2.28. The van der Waals surface area contributed by atoms with Crippen LogP contribution in [-0.4, -0.2) is 27.0 Å². The van der Waals surface area contributed by atoms with Gasteiger partial charge in [0.05, 0.1) is 14.4 Å². The van der Waals surface area contributed by atoms with Gasteiger partial charge in [-0.2, -0.15) is 13.2 Å². The lowest BCUT2D eigenvalue weighted by molar-refractivity contribution is -0.123. The number of rotatable bonds is 3. The number of carbonyl (C=O) groups is 1. The van der Waals surface area contributed by atoms with Crippen molar-refractivity contribution in [2.45, 2.75) is 11.1 Å². The summed E-state index contributed by atoms with van der Waals surface area (Å²) in [7, 11) is -4.19. The van der Waals surface area contributed by atoms with Gasteiger partial charge in [0.15, 0.2) is 0 Å². The van der Waals surface area contributed by atoms with E-state index in [1.807, 2.05) is 0 Å². The fourth-order valence-electron chi connectivity index (χ4n) is 1.18. The van der Waals surface area contributed by atoms with Crippen LogP contribution < -0.4 is 10.5 Å². The molecule has 0 heterocycles. The molecule has 0 aliphatic carbocycles. The Bertz CT molecular complexity index is 649. The number of hydrogen-bond donors (Lipinski definition) is 2. The highest BCUT2D eigenvalue weighted by molar-refractivity contribution is 9.10. The number of benzene rings is 1. The predicted octanol–water partition coefficient (Wildman–Crippen LogP) is 2.04. The molecule has 0 bridgehead atoms. The molecule has 0 aromatic heterocycles. The molecule has 11 heteroatoms. The second-order valence-corrected chi connectivity index (χ2v) is 6.34. The molecule has 1 rings (SSSR count). The maximum atomic E-state index is 12.0. The van der Waals surface area contributed by atoms with Crippen LogP contribution in [0.5, 0.6) is 0 Å². The molecule has 0 radical (unpaired) electrons. The minimum absolute atomic E-state index is 0.0750. The van der Waals surface area contributed by atoms with Gasteiger partial charge in [0.1, 0.15) is 6.54 Å². The predicted molar refractivity (Wildman–Crippen MR) is 68.9 cm³/mol. The van der Waals surface area contributed by atoms with Gasteiger partial charge in [0, 0.05) is 5.56 Å². The van der Waals surface area contributed by atoms with Crippen LogP contribution in [0.15, 0.2) is 21.5 Å². The lowest BCUT2D eigenvalue weighted by Crippen LogP contribution is -2.33. The van der Waals surface area contributed by atoms with Crippen LogP contribution in [-0.2, 0) is 10.0 Å². The van der Waals surface area contributed by atoms with E-state index < -0.39 is 33.5 Å². The van der Waals surface area contributed by atoms with Crippen LogP contribution in [0.4, 0.5) is 13.2 Å². The molecule has 20 heavy (non-hydrogen) atoms. The number of hydrogen-bond acceptors (Lipinski definition) is 3. The highest BCUT2D eigenvalue weighted by Crippen LogP contribution is 2.30. The first-order valence-electron chi connectivity index (χ1n) is 4.78. The second kappa shape index (κ2) is 5.88. The molecule has 0 saturated heterocycles. The standard InChI is InChI=1S/C9H7BrClF3N2O3S/c10-7-5(11)1-4(2-6(7)20(15,18)19)8(17)16-3-9(12,13)14/h1-2H,3H2,(H,16,17)(H2,15,18,19). The van der Waals surface area contributed by atoms with E-state index in [1.165, 1.54) is 0 Å². The summed E-state index contributed by atoms with van der Waals surface area (Å²) in [5.41, 5.74) is -0.355. The van der Waals surface area contributed by atoms with Crippen molar-refractivity contribution in [1.82, 2.24) is 5.32 Å². The first-order chi connectivity index (χ1) is 8.92. The summed E-state index contributed by atoms with van der Waals surface area (Å²) in [6, 6.07) is 1.85. The van der Waals surface area contributed by atoms with Gasteiger partial charge >= 0.3 is 6.18 Å². The molecular formula is C9H7BrClF3N2O3S. The van der Waals surface area contributed by atoms with E-state index in [0.717, 1.165) is 12.1 Å². The van der Waals surface area contributed by atoms with E-state index in [1.54, 1.807) is 5.32 Å². The van der Waals surface area contributed by atoms with Crippen molar-refractivity contribution in [2.24, 2.45) is 5.14 Å². The van der Waals surface area contributed by atoms with E-state index >= 15 is 0 Å². The summed E-state index contributed by atoms with van der Waals surface area (Å²) in [4.78, 5) is 11.0. The van der Waals surface area contributed by atoms with Crippen molar-refractivity contribution < 1.29 is 26.4 Å². The van der Waals surface area contributed by atoms with Crippen molar-refractivity contribution in [1.29, 1.82) is 0 Å². The zero-order valence-corrected chi connectivity index (χ0v) is 12.6. The molecule has 0 aliphatic heterocycles. The van der Waals surface area contributed by atoms with Crippen molar-refractivity contribution in [3.05, 3.63) is 27.2 Å². The van der Waals surface area contributed by atoms with Gasteiger partial charge < -0.3 is 5.32 Å². The molecule has 3 N–H and O–H groups in total. The van der Waals surface area contributed by atoms with Crippen LogP contribution in [0.3, 0.4) is 0 Å². The van der Waals surface area contributed by atoms with Gasteiger partial charge in [0.25, 0.3) is 5.91 Å². The number of nitrogens with two attached hydrogens (primary N) is 1. The van der Waals surface area contributed by atoms with Crippen molar-refractivity contribution in [3.8, 4) is 0 Å². The summed E-state index contributed by atoms with van der Waals surface area (Å²) in [5, 5.41) is 6.33. The monoisotopic (exact) mass is 394 g/mol. The second-order valence-electron chi connectivity index (χ2n) is 3.61. The van der Waals surface area contributed by atoms with Gasteiger partial charge in [-0.25, -0.2) is 13.6 Å². The van der Waals surface area contributed by atoms with Crippen molar-refractivity contribution >= 4 is 43.5 Å². The van der Waals surface area contributed by atoms with Crippen molar-refractivity contribution in [3.63, 3.8) is 0 Å². The van der Waals surface area contributed by atoms with E-state index in [2.05, 4.69) is 15.9 Å². The summed E-state index contributed by atoms with van der Waals surface area (Å²) in [6.45, 7) is -1.55. The van der Waals surface area contributed by atoms with Crippen LogP contribution in [0, 0.1) is 0 Å². The van der Waals surface area contributed by atoms with Gasteiger partial charge in [0.2, 0.25) is 10.0 Å². The van der Waals surface area contributed by atoms with Crippen LogP contribution >= 0.6 is 27.5 Å². The number of alkyl halides is 3. The zero-order valence-electron chi connectivity index (χ0n) is 9.46. The molecule has 0 unspecified atom stereocenters. The lowest BCUT2D eigenvalue weighted by atomic mass is 10.2. The molecule has 112 valence electrons. The van der Waals surface area contributed by atoms with Gasteiger partial charge in [-0.05, 0) is 28.1 Å². The largest absolute Gasteiger partial charge is 0.405 e. The fourth-order valence-corrected chi connectivity index (χ4v) is 3.02. The van der Waals surface area contributed by atoms with E-state index in [4.69, 9.17) is 16.7 Å². The normalized spacial score (nSPS) is 12.3. The summed E-state index contributed by atoms with van der Waals surface area (Å²) in [5.74, 6) is -1.12. The molecule has 0 spiro atoms. The minimum Gasteiger partial charge on any atom is -0.343 e. The quantitative estimate of drug-likeness (QED) is 0.821. The van der Waals surface area contributed by atoms with Gasteiger partial charge in [-0.3, -0.25) is 4.79 Å². The summed E-state index contributed by atoms with van der Waals surface area (Å²) >= 11 is 8.56. The van der Waals surface area contributed by atoms with Crippen LogP contribution in [0.1, 0.15) is 10.4 Å². The van der Waals surface area contributed by atoms with E-state index in [-0.39, 0.29) is 15.1 Å². The summed E-state index contributed by atoms with van der Waals surface area (Å²) in [6.07, 6.45) is -4.59. The zero-order chi connectivity index (χ0) is 15.7. The molecule has 0 saturated carbocycles. The number of amides is 1. The van der Waals surface area contributed by atoms with Crippen molar-refractivity contribution in [2.75, 3.05) is 6.54 Å². The van der Waals surface area contributed by atoms with Crippen LogP contribution in [0.2, 0.25) is 5.02 Å². The van der Waals surface area contributed by atoms with Gasteiger partial charge in [-0.15, -0.1) is 0 Å². The number of primary sulfonamides is 1. The maximum Gasteiger partial charge on any atom is 0.405 e. The molecule has 0 aliphatic rings. The third-order valence-corrected chi connectivity index (χ3v) is 4.59. The first kappa shape index (κ1) is 17.2. The Morgan fingerprint density at radius 3 is 2.40 bits per heavy atom. The molecule has 1 aromatic rings. The number of sulfonamides is 1. The Morgan fingerprint density at radius 2 is 1.95 bits per heavy atom. The summed E-state index contributed by atoms with van der Waals surface area (Å²) < 4.78 is 58.4. The number of carbonyl (C=O) groups excluding carboxylic acids is 1. The Labute approximate surface area is 125 Å². The number of nitrogens with one attached hydrogen (secondary N) is 1. The molecule has 0 atom stereocenters. The van der Waals surface area contributed by atoms with E-state index in [9.17, 15) is 26.4 Å². The smallest absolute Gasteiger partial charge is 0.343 e. The minimum atomic E-state index is -4.59. The third kappa shape index (κ3) is 4.62. The first-order valence-corrected chi connectivity index (χ1v) is 7.50. The Morgan fingerprint density at radius 1 is 1.40 bits per heavy atom. The lowest BCUT2D eigenvalue weighted by Gasteiger charge is -2.10. The Kier molecular flexibility index (Phi) is 5.06. The molecule has 5 nitrogen and oxygen atoms in total. The van der Waals surface area contributed by atoms with E-state index in [0.29, 0.717) is 0 Å². The average molecular weight is 396 g/mol. The van der Waals surface area contributed by atoms with Gasteiger partial charge in [-0.1, -0.05) is 11.6 Å². The number of halogens is 5. The average Bonchev–Trinajstić information content (AvgIpc) is 2.26. The Balaban J connectivity index is 3.15. The fraction of sp³-hybridized carbons (Fsp3) is 0.222. The maximum absolute atomic E-state index is 12.0. The Hall–Kier alpha value is -0.840. The topological polar surface area (TPSA) is 89.3 Å².